The molecule has 2 aromatic rings. The zero-order valence-electron chi connectivity index (χ0n) is 16.0. The summed E-state index contributed by atoms with van der Waals surface area (Å²) < 4.78 is 35.5. The Labute approximate surface area is 177 Å². The zero-order chi connectivity index (χ0) is 22.6. The van der Waals surface area contributed by atoms with Crippen LogP contribution in [0.25, 0.3) is 0 Å². The number of nitrogens with two attached hydrogens (primary N) is 1. The van der Waals surface area contributed by atoms with Crippen molar-refractivity contribution >= 4 is 44.8 Å². The molecule has 0 saturated heterocycles. The van der Waals surface area contributed by atoms with Crippen LogP contribution < -0.4 is 15.8 Å². The largest absolute Gasteiger partial charge is 0.324 e. The first-order valence-electron chi connectivity index (χ1n) is 8.99. The van der Waals surface area contributed by atoms with Gasteiger partial charge in [-0.15, -0.1) is 0 Å². The van der Waals surface area contributed by atoms with Gasteiger partial charge in [-0.3, -0.25) is 14.4 Å². The van der Waals surface area contributed by atoms with Crippen molar-refractivity contribution in [3.8, 4) is 0 Å². The van der Waals surface area contributed by atoms with E-state index in [2.05, 4.69) is 15.7 Å². The fourth-order valence-electron chi connectivity index (χ4n) is 2.69. The molecule has 0 aliphatic carbocycles. The molecule has 12 heteroatoms. The predicted molar refractivity (Wildman–Crippen MR) is 110 cm³/mol. The van der Waals surface area contributed by atoms with Gasteiger partial charge in [-0.1, -0.05) is 0 Å². The quantitative estimate of drug-likeness (QED) is 0.604. The maximum atomic E-state index is 13.0. The van der Waals surface area contributed by atoms with E-state index in [9.17, 15) is 27.2 Å². The topological polar surface area (TPSA) is 151 Å². The van der Waals surface area contributed by atoms with Crippen LogP contribution in [0.5, 0.6) is 0 Å². The number of halogens is 1. The molecular formula is C19H18FN5O5S. The molecule has 0 saturated carbocycles. The van der Waals surface area contributed by atoms with Gasteiger partial charge in [0.15, 0.2) is 0 Å². The molecule has 1 heterocycles. The van der Waals surface area contributed by atoms with Gasteiger partial charge in [0.2, 0.25) is 21.8 Å². The summed E-state index contributed by atoms with van der Waals surface area (Å²) >= 11 is 0. The highest BCUT2D eigenvalue weighted by Crippen LogP contribution is 2.15. The molecule has 3 rings (SSSR count). The van der Waals surface area contributed by atoms with Crippen LogP contribution in [0.4, 0.5) is 15.8 Å². The van der Waals surface area contributed by atoms with E-state index < -0.39 is 40.1 Å². The number of carbonyl (C=O) groups excluding carboxylic acids is 3. The summed E-state index contributed by atoms with van der Waals surface area (Å²) in [6.45, 7) is -0.441. The zero-order valence-corrected chi connectivity index (χ0v) is 16.9. The summed E-state index contributed by atoms with van der Waals surface area (Å²) in [6, 6.07) is 10.3. The van der Waals surface area contributed by atoms with Crippen LogP contribution in [0.15, 0.2) is 58.5 Å². The molecule has 0 radical (unpaired) electrons. The van der Waals surface area contributed by atoms with E-state index in [1.165, 1.54) is 48.5 Å². The average molecular weight is 447 g/mol. The number of primary sulfonamides is 1. The molecule has 2 aromatic carbocycles. The summed E-state index contributed by atoms with van der Waals surface area (Å²) in [4.78, 5) is 36.6. The normalized spacial score (nSPS) is 14.1. The SMILES string of the molecule is NS(=O)(=O)c1ccc(NC(=O)CN2N=C(C(=O)Nc3ccc(F)cc3)CCC2=O)cc1. The van der Waals surface area contributed by atoms with Crippen molar-refractivity contribution in [1.29, 1.82) is 0 Å². The first kappa shape index (κ1) is 22.1. The molecule has 162 valence electrons. The van der Waals surface area contributed by atoms with E-state index in [1.54, 1.807) is 0 Å². The number of sulfonamides is 1. The molecule has 31 heavy (non-hydrogen) atoms. The Kier molecular flexibility index (Phi) is 6.42. The van der Waals surface area contributed by atoms with E-state index in [1.807, 2.05) is 0 Å². The number of nitrogens with zero attached hydrogens (tertiary/aromatic N) is 2. The number of carbonyl (C=O) groups is 3. The Bertz CT molecular complexity index is 1150. The summed E-state index contributed by atoms with van der Waals surface area (Å²) in [5.74, 6) is -2.04. The van der Waals surface area contributed by atoms with Gasteiger partial charge in [-0.2, -0.15) is 5.10 Å². The summed E-state index contributed by atoms with van der Waals surface area (Å²) in [5.41, 5.74) is 0.701. The van der Waals surface area contributed by atoms with Gasteiger partial charge in [0, 0.05) is 24.2 Å². The maximum absolute atomic E-state index is 13.0. The van der Waals surface area contributed by atoms with Crippen LogP contribution in [-0.2, 0) is 24.4 Å². The summed E-state index contributed by atoms with van der Waals surface area (Å²) in [6.07, 6.45) is 0.0883. The van der Waals surface area contributed by atoms with E-state index in [-0.39, 0.29) is 23.4 Å². The smallest absolute Gasteiger partial charge is 0.271 e. The van der Waals surface area contributed by atoms with Crippen LogP contribution in [-0.4, -0.2) is 43.4 Å². The van der Waals surface area contributed by atoms with Gasteiger partial charge in [-0.25, -0.2) is 23.0 Å². The van der Waals surface area contributed by atoms with E-state index in [0.717, 1.165) is 5.01 Å². The first-order valence-corrected chi connectivity index (χ1v) is 10.5. The number of amides is 3. The van der Waals surface area contributed by atoms with Crippen molar-refractivity contribution in [2.75, 3.05) is 17.2 Å². The summed E-state index contributed by atoms with van der Waals surface area (Å²) in [5, 5.41) is 14.9. The molecule has 0 spiro atoms. The van der Waals surface area contributed by atoms with Crippen molar-refractivity contribution in [3.63, 3.8) is 0 Å². The molecule has 0 aromatic heterocycles. The number of hydrazone groups is 1. The van der Waals surface area contributed by atoms with Crippen LogP contribution in [0.1, 0.15) is 12.8 Å². The highest BCUT2D eigenvalue weighted by molar-refractivity contribution is 7.89. The second kappa shape index (κ2) is 9.02. The summed E-state index contributed by atoms with van der Waals surface area (Å²) in [7, 11) is -3.86. The van der Waals surface area contributed by atoms with Gasteiger partial charge in [0.25, 0.3) is 5.91 Å². The Balaban J connectivity index is 1.64. The van der Waals surface area contributed by atoms with Crippen molar-refractivity contribution in [3.05, 3.63) is 54.3 Å². The van der Waals surface area contributed by atoms with Crippen LogP contribution in [0.2, 0.25) is 0 Å². The Morgan fingerprint density at radius 3 is 2.19 bits per heavy atom. The van der Waals surface area contributed by atoms with Gasteiger partial charge in [0.05, 0.1) is 4.90 Å². The second-order valence-corrected chi connectivity index (χ2v) is 8.14. The third-order valence-corrected chi connectivity index (χ3v) is 5.16. The van der Waals surface area contributed by atoms with E-state index in [4.69, 9.17) is 5.14 Å². The standard InChI is InChI=1S/C19H18FN5O5S/c20-12-1-3-14(4-2-12)23-19(28)16-9-10-18(27)25(24-16)11-17(26)22-13-5-7-15(8-6-13)31(21,29)30/h1-8H,9-11H2,(H,22,26)(H,23,28)(H2,21,29,30). The minimum atomic E-state index is -3.86. The lowest BCUT2D eigenvalue weighted by atomic mass is 10.1. The van der Waals surface area contributed by atoms with Crippen LogP contribution >= 0.6 is 0 Å². The Morgan fingerprint density at radius 2 is 1.58 bits per heavy atom. The van der Waals surface area contributed by atoms with Crippen molar-refractivity contribution in [1.82, 2.24) is 5.01 Å². The monoisotopic (exact) mass is 447 g/mol. The lowest BCUT2D eigenvalue weighted by Crippen LogP contribution is -2.40. The molecule has 0 bridgehead atoms. The fourth-order valence-corrected chi connectivity index (χ4v) is 3.20. The van der Waals surface area contributed by atoms with E-state index >= 15 is 0 Å². The molecule has 10 nitrogen and oxygen atoms in total. The van der Waals surface area contributed by atoms with Crippen LogP contribution in [0.3, 0.4) is 0 Å². The number of hydrogen-bond donors (Lipinski definition) is 3. The number of hydrogen-bond acceptors (Lipinski definition) is 6. The third-order valence-electron chi connectivity index (χ3n) is 4.23. The first-order chi connectivity index (χ1) is 14.6. The minimum absolute atomic E-state index is 0.00793. The number of benzene rings is 2. The van der Waals surface area contributed by atoms with Crippen molar-refractivity contribution in [2.45, 2.75) is 17.7 Å². The third kappa shape index (κ3) is 5.93. The predicted octanol–water partition coefficient (Wildman–Crippen LogP) is 1.03. The number of anilines is 2. The Hall–Kier alpha value is -3.64. The molecule has 0 atom stereocenters. The van der Waals surface area contributed by atoms with Gasteiger partial charge in [-0.05, 0) is 48.5 Å². The second-order valence-electron chi connectivity index (χ2n) is 6.58. The lowest BCUT2D eigenvalue weighted by molar-refractivity contribution is -0.135. The van der Waals surface area contributed by atoms with Crippen LogP contribution in [0, 0.1) is 5.82 Å². The molecule has 0 unspecified atom stereocenters. The maximum Gasteiger partial charge on any atom is 0.271 e. The molecule has 1 aliphatic heterocycles. The molecule has 4 N–H and O–H groups in total. The average Bonchev–Trinajstić information content (AvgIpc) is 2.71. The highest BCUT2D eigenvalue weighted by atomic mass is 32.2. The fraction of sp³-hybridized carbons (Fsp3) is 0.158. The van der Waals surface area contributed by atoms with E-state index in [0.29, 0.717) is 11.4 Å². The lowest BCUT2D eigenvalue weighted by Gasteiger charge is -2.22. The molecule has 3 amide bonds. The molecule has 1 aliphatic rings. The number of rotatable bonds is 6. The van der Waals surface area contributed by atoms with Crippen molar-refractivity contribution < 1.29 is 27.2 Å². The van der Waals surface area contributed by atoms with Gasteiger partial charge in [0.1, 0.15) is 18.1 Å². The van der Waals surface area contributed by atoms with Crippen molar-refractivity contribution in [2.24, 2.45) is 10.2 Å². The highest BCUT2D eigenvalue weighted by Gasteiger charge is 2.26. The molecule has 0 fully saturated rings. The molecular weight excluding hydrogens is 429 g/mol. The van der Waals surface area contributed by atoms with Gasteiger partial charge >= 0.3 is 0 Å². The van der Waals surface area contributed by atoms with Gasteiger partial charge < -0.3 is 10.6 Å². The Morgan fingerprint density at radius 1 is 1.00 bits per heavy atom. The minimum Gasteiger partial charge on any atom is -0.324 e. The number of nitrogens with one attached hydrogen (secondary N) is 2.